The van der Waals surface area contributed by atoms with E-state index in [-0.39, 0.29) is 11.6 Å². The number of thiophene rings is 1. The predicted octanol–water partition coefficient (Wildman–Crippen LogP) is 4.78. The average molecular weight is 372 g/mol. The monoisotopic (exact) mass is 371 g/mol. The van der Waals surface area contributed by atoms with Gasteiger partial charge in [-0.25, -0.2) is 8.78 Å². The highest BCUT2D eigenvalue weighted by Gasteiger charge is 2.22. The number of likely N-dealkylation sites (N-methyl/N-ethyl adjacent to an activating group) is 1. The van der Waals surface area contributed by atoms with E-state index in [1.165, 1.54) is 33.9 Å². The summed E-state index contributed by atoms with van der Waals surface area (Å²) in [4.78, 5) is 2.60. The summed E-state index contributed by atoms with van der Waals surface area (Å²) in [5, 5.41) is 3.19. The fraction of sp³-hybridized carbons (Fsp3) is 0.375. The number of hydrogen-bond donors (Lipinski definition) is 1. The second-order valence-electron chi connectivity index (χ2n) is 5.32. The Hall–Kier alpha value is -0.780. The van der Waals surface area contributed by atoms with Crippen LogP contribution >= 0.6 is 27.3 Å². The zero-order valence-electron chi connectivity index (χ0n) is 11.7. The fourth-order valence-electron chi connectivity index (χ4n) is 2.83. The lowest BCUT2D eigenvalue weighted by Gasteiger charge is -2.16. The van der Waals surface area contributed by atoms with Crippen LogP contribution in [0.15, 0.2) is 22.7 Å². The van der Waals surface area contributed by atoms with Crippen LogP contribution < -0.4 is 5.32 Å². The van der Waals surface area contributed by atoms with Crippen molar-refractivity contribution >= 4 is 27.3 Å². The molecule has 1 heterocycles. The molecule has 0 saturated carbocycles. The Kier molecular flexibility index (Phi) is 4.43. The van der Waals surface area contributed by atoms with Crippen LogP contribution in [0.4, 0.5) is 8.78 Å². The third-order valence-electron chi connectivity index (χ3n) is 4.00. The number of benzene rings is 1. The van der Waals surface area contributed by atoms with Crippen LogP contribution in [0.2, 0.25) is 0 Å². The van der Waals surface area contributed by atoms with Gasteiger partial charge >= 0.3 is 0 Å². The molecule has 0 saturated heterocycles. The molecule has 0 bridgehead atoms. The number of hydrogen-bond acceptors (Lipinski definition) is 2. The van der Waals surface area contributed by atoms with Crippen molar-refractivity contribution in [3.8, 4) is 0 Å². The minimum absolute atomic E-state index is 0.0566. The topological polar surface area (TPSA) is 12.0 Å². The molecule has 2 aromatic rings. The van der Waals surface area contributed by atoms with Crippen LogP contribution in [0, 0.1) is 11.6 Å². The number of halogens is 3. The van der Waals surface area contributed by atoms with Crippen molar-refractivity contribution in [3.05, 3.63) is 55.2 Å². The summed E-state index contributed by atoms with van der Waals surface area (Å²) in [5.41, 5.74) is 1.54. The van der Waals surface area contributed by atoms with Crippen molar-refractivity contribution in [2.24, 2.45) is 0 Å². The molecule has 1 unspecified atom stereocenters. The van der Waals surface area contributed by atoms with Crippen molar-refractivity contribution < 1.29 is 8.78 Å². The molecule has 1 atom stereocenters. The Bertz CT molecular complexity index is 647. The lowest BCUT2D eigenvalue weighted by Crippen LogP contribution is -2.19. The lowest BCUT2D eigenvalue weighted by atomic mass is 10.0. The molecule has 5 heteroatoms. The molecule has 1 aromatic carbocycles. The first-order valence-electron chi connectivity index (χ1n) is 7.01. The van der Waals surface area contributed by atoms with Gasteiger partial charge in [0.15, 0.2) is 0 Å². The van der Waals surface area contributed by atoms with Crippen LogP contribution in [-0.2, 0) is 19.3 Å². The maximum Gasteiger partial charge on any atom is 0.143 e. The number of aryl methyl sites for hydroxylation is 2. The van der Waals surface area contributed by atoms with Crippen molar-refractivity contribution in [3.63, 3.8) is 0 Å². The number of fused-ring (bicyclic) bond motifs is 1. The van der Waals surface area contributed by atoms with Crippen molar-refractivity contribution in [1.29, 1.82) is 0 Å². The minimum Gasteiger partial charge on any atom is -0.312 e. The van der Waals surface area contributed by atoms with Crippen LogP contribution in [0.5, 0.6) is 0 Å². The highest BCUT2D eigenvalue weighted by Crippen LogP contribution is 2.35. The van der Waals surface area contributed by atoms with Crippen LogP contribution in [0.25, 0.3) is 0 Å². The summed E-state index contributed by atoms with van der Waals surface area (Å²) < 4.78 is 28.4. The molecular formula is C16H16BrF2NS. The second-order valence-corrected chi connectivity index (χ2v) is 7.34. The summed E-state index contributed by atoms with van der Waals surface area (Å²) >= 11 is 4.90. The maximum absolute atomic E-state index is 14.1. The van der Waals surface area contributed by atoms with Crippen molar-refractivity contribution in [1.82, 2.24) is 5.32 Å². The van der Waals surface area contributed by atoms with Gasteiger partial charge in [-0.2, -0.15) is 0 Å². The van der Waals surface area contributed by atoms with E-state index in [1.54, 1.807) is 11.3 Å². The first-order valence-corrected chi connectivity index (χ1v) is 8.62. The van der Waals surface area contributed by atoms with Gasteiger partial charge < -0.3 is 5.32 Å². The Morgan fingerprint density at radius 1 is 1.33 bits per heavy atom. The van der Waals surface area contributed by atoms with E-state index in [2.05, 4.69) is 27.3 Å². The van der Waals surface area contributed by atoms with E-state index in [9.17, 15) is 8.78 Å². The van der Waals surface area contributed by atoms with Gasteiger partial charge in [-0.15, -0.1) is 11.3 Å². The van der Waals surface area contributed by atoms with Gasteiger partial charge in [-0.3, -0.25) is 0 Å². The van der Waals surface area contributed by atoms with Gasteiger partial charge in [0.05, 0.1) is 4.47 Å². The van der Waals surface area contributed by atoms with Gasteiger partial charge in [0.2, 0.25) is 0 Å². The summed E-state index contributed by atoms with van der Waals surface area (Å²) in [7, 11) is 1.84. The van der Waals surface area contributed by atoms with Crippen LogP contribution in [-0.4, -0.2) is 7.05 Å². The Balaban J connectivity index is 1.89. The van der Waals surface area contributed by atoms with Crippen molar-refractivity contribution in [2.75, 3.05) is 7.05 Å². The minimum atomic E-state index is -0.501. The predicted molar refractivity (Wildman–Crippen MR) is 85.9 cm³/mol. The first-order chi connectivity index (χ1) is 10.1. The van der Waals surface area contributed by atoms with E-state index in [1.807, 2.05) is 7.05 Å². The first kappa shape index (κ1) is 15.1. The molecular weight excluding hydrogens is 356 g/mol. The Morgan fingerprint density at radius 3 is 2.86 bits per heavy atom. The SMILES string of the molecule is CNC(Cc1c(F)ccc(Br)c1F)c1cc2c(s1)CCC2. The summed E-state index contributed by atoms with van der Waals surface area (Å²) in [6.07, 6.45) is 3.80. The molecule has 0 radical (unpaired) electrons. The molecule has 1 aromatic heterocycles. The van der Waals surface area contributed by atoms with Gasteiger partial charge in [-0.05, 0) is 72.4 Å². The third kappa shape index (κ3) is 2.91. The van der Waals surface area contributed by atoms with Gasteiger partial charge in [0.1, 0.15) is 11.6 Å². The maximum atomic E-state index is 14.1. The van der Waals surface area contributed by atoms with E-state index < -0.39 is 11.6 Å². The largest absolute Gasteiger partial charge is 0.312 e. The molecule has 0 amide bonds. The van der Waals surface area contributed by atoms with Gasteiger partial charge in [0, 0.05) is 21.4 Å². The molecule has 0 fully saturated rings. The quantitative estimate of drug-likeness (QED) is 0.762. The van der Waals surface area contributed by atoms with E-state index in [0.717, 1.165) is 12.8 Å². The number of rotatable bonds is 4. The zero-order valence-corrected chi connectivity index (χ0v) is 14.1. The fourth-order valence-corrected chi connectivity index (χ4v) is 4.57. The van der Waals surface area contributed by atoms with Crippen LogP contribution in [0.3, 0.4) is 0 Å². The van der Waals surface area contributed by atoms with E-state index in [4.69, 9.17) is 0 Å². The second kappa shape index (κ2) is 6.15. The van der Waals surface area contributed by atoms with Gasteiger partial charge in [-0.1, -0.05) is 0 Å². The third-order valence-corrected chi connectivity index (χ3v) is 5.97. The Morgan fingerprint density at radius 2 is 2.14 bits per heavy atom. The van der Waals surface area contributed by atoms with Crippen molar-refractivity contribution in [2.45, 2.75) is 31.7 Å². The van der Waals surface area contributed by atoms with E-state index in [0.29, 0.717) is 10.9 Å². The van der Waals surface area contributed by atoms with Crippen LogP contribution in [0.1, 0.15) is 33.3 Å². The molecule has 112 valence electrons. The molecule has 1 aliphatic rings. The molecule has 3 rings (SSSR count). The summed E-state index contributed by atoms with van der Waals surface area (Å²) in [6, 6.07) is 4.85. The molecule has 21 heavy (non-hydrogen) atoms. The highest BCUT2D eigenvalue weighted by molar-refractivity contribution is 9.10. The van der Waals surface area contributed by atoms with E-state index >= 15 is 0 Å². The Labute approximate surface area is 135 Å². The molecule has 1 N–H and O–H groups in total. The standard InChI is InChI=1S/C16H16BrF2NS/c1-20-13(15-7-9-3-2-4-14(9)21-15)8-10-12(18)6-5-11(17)16(10)19/h5-7,13,20H,2-4,8H2,1H3. The number of nitrogens with one attached hydrogen (secondary N) is 1. The molecule has 0 spiro atoms. The lowest BCUT2D eigenvalue weighted by molar-refractivity contribution is 0.515. The smallest absolute Gasteiger partial charge is 0.143 e. The highest BCUT2D eigenvalue weighted by atomic mass is 79.9. The summed E-state index contributed by atoms with van der Waals surface area (Å²) in [6.45, 7) is 0. The zero-order chi connectivity index (χ0) is 15.0. The summed E-state index contributed by atoms with van der Waals surface area (Å²) in [5.74, 6) is -0.987. The normalized spacial score (nSPS) is 15.2. The molecule has 0 aliphatic heterocycles. The average Bonchev–Trinajstić information content (AvgIpc) is 3.05. The van der Waals surface area contributed by atoms with Gasteiger partial charge in [0.25, 0.3) is 0 Å². The molecule has 1 nitrogen and oxygen atoms in total. The molecule has 1 aliphatic carbocycles.